The van der Waals surface area contributed by atoms with E-state index in [0.29, 0.717) is 6.54 Å². The molecule has 0 saturated heterocycles. The Kier molecular flexibility index (Phi) is 6.03. The fourth-order valence-electron chi connectivity index (χ4n) is 1.25. The van der Waals surface area contributed by atoms with Crippen LogP contribution in [0.25, 0.3) is 0 Å². The molecule has 1 heterocycles. The van der Waals surface area contributed by atoms with Crippen molar-refractivity contribution >= 4 is 17.2 Å². The van der Waals surface area contributed by atoms with Gasteiger partial charge in [0.1, 0.15) is 5.01 Å². The van der Waals surface area contributed by atoms with Crippen LogP contribution in [0.4, 0.5) is 0 Å². The number of rotatable bonds is 7. The topological polar surface area (TPSA) is 54.0 Å². The Morgan fingerprint density at radius 2 is 2.44 bits per heavy atom. The lowest BCUT2D eigenvalue weighted by Gasteiger charge is -2.10. The van der Waals surface area contributed by atoms with E-state index in [1.54, 1.807) is 17.5 Å². The van der Waals surface area contributed by atoms with Crippen LogP contribution >= 0.6 is 11.3 Å². The Morgan fingerprint density at radius 3 is 3.06 bits per heavy atom. The molecule has 1 aromatic rings. The molecule has 0 spiro atoms. The van der Waals surface area contributed by atoms with Crippen LogP contribution in [-0.4, -0.2) is 24.0 Å². The van der Waals surface area contributed by atoms with Gasteiger partial charge in [-0.1, -0.05) is 13.3 Å². The summed E-state index contributed by atoms with van der Waals surface area (Å²) in [6.45, 7) is 5.24. The number of thiazole rings is 1. The quantitative estimate of drug-likeness (QED) is 0.715. The molecule has 0 saturated carbocycles. The van der Waals surface area contributed by atoms with Gasteiger partial charge in [-0.3, -0.25) is 10.1 Å². The highest BCUT2D eigenvalue weighted by Crippen LogP contribution is 2.13. The molecule has 1 amide bonds. The van der Waals surface area contributed by atoms with Gasteiger partial charge in [-0.15, -0.1) is 11.3 Å². The summed E-state index contributed by atoms with van der Waals surface area (Å²) in [4.78, 5) is 15.6. The van der Waals surface area contributed by atoms with Crippen molar-refractivity contribution in [1.29, 1.82) is 0 Å². The van der Waals surface area contributed by atoms with Gasteiger partial charge in [0.25, 0.3) is 0 Å². The van der Waals surface area contributed by atoms with Crippen molar-refractivity contribution in [2.45, 2.75) is 32.7 Å². The fraction of sp³-hybridized carbons (Fsp3) is 0.636. The van der Waals surface area contributed by atoms with E-state index in [1.807, 2.05) is 12.3 Å². The Morgan fingerprint density at radius 1 is 1.62 bits per heavy atom. The smallest absolute Gasteiger partial charge is 0.233 e. The average Bonchev–Trinajstić information content (AvgIpc) is 2.79. The van der Waals surface area contributed by atoms with Gasteiger partial charge in [-0.25, -0.2) is 4.98 Å². The maximum absolute atomic E-state index is 11.4. The van der Waals surface area contributed by atoms with E-state index in [1.165, 1.54) is 0 Å². The van der Waals surface area contributed by atoms with Gasteiger partial charge >= 0.3 is 0 Å². The lowest BCUT2D eigenvalue weighted by molar-refractivity contribution is -0.120. The van der Waals surface area contributed by atoms with Crippen LogP contribution in [0.2, 0.25) is 0 Å². The third-order valence-corrected chi connectivity index (χ3v) is 3.20. The van der Waals surface area contributed by atoms with Crippen LogP contribution in [0.5, 0.6) is 0 Å². The zero-order chi connectivity index (χ0) is 11.8. The van der Waals surface area contributed by atoms with E-state index in [9.17, 15) is 4.79 Å². The first-order chi connectivity index (χ1) is 7.74. The van der Waals surface area contributed by atoms with Crippen LogP contribution in [0.1, 0.15) is 37.7 Å². The van der Waals surface area contributed by atoms with Crippen molar-refractivity contribution < 1.29 is 4.79 Å². The summed E-state index contributed by atoms with van der Waals surface area (Å²) in [6.07, 6.45) is 3.91. The zero-order valence-electron chi connectivity index (χ0n) is 9.82. The van der Waals surface area contributed by atoms with Gasteiger partial charge < -0.3 is 5.32 Å². The largest absolute Gasteiger partial charge is 0.355 e. The third kappa shape index (κ3) is 4.72. The van der Waals surface area contributed by atoms with Crippen molar-refractivity contribution in [1.82, 2.24) is 15.6 Å². The summed E-state index contributed by atoms with van der Waals surface area (Å²) < 4.78 is 0. The zero-order valence-corrected chi connectivity index (χ0v) is 10.6. The molecule has 0 aliphatic carbocycles. The van der Waals surface area contributed by atoms with E-state index in [4.69, 9.17) is 0 Å². The number of nitrogens with one attached hydrogen (secondary N) is 2. The molecule has 1 rings (SSSR count). The lowest BCUT2D eigenvalue weighted by Crippen LogP contribution is -2.35. The molecule has 0 aliphatic rings. The molecule has 4 nitrogen and oxygen atoms in total. The van der Waals surface area contributed by atoms with Crippen molar-refractivity contribution in [2.24, 2.45) is 0 Å². The number of nitrogens with zero attached hydrogens (tertiary/aromatic N) is 1. The average molecular weight is 241 g/mol. The molecule has 2 N–H and O–H groups in total. The minimum absolute atomic E-state index is 0.0526. The fourth-order valence-corrected chi connectivity index (χ4v) is 1.92. The highest BCUT2D eigenvalue weighted by Gasteiger charge is 2.08. The maximum Gasteiger partial charge on any atom is 0.233 e. The van der Waals surface area contributed by atoms with Crippen molar-refractivity contribution in [3.8, 4) is 0 Å². The predicted octanol–water partition coefficient (Wildman–Crippen LogP) is 1.71. The Labute approximate surface area is 100 Å². The Bertz CT molecular complexity index is 300. The predicted molar refractivity (Wildman–Crippen MR) is 66.4 cm³/mol. The van der Waals surface area contributed by atoms with Crippen LogP contribution in [0.3, 0.4) is 0 Å². The number of carbonyl (C=O) groups is 1. The molecule has 1 unspecified atom stereocenters. The molecular formula is C11H19N3OS. The summed E-state index contributed by atoms with van der Waals surface area (Å²) in [5, 5.41) is 8.97. The molecule has 1 atom stereocenters. The lowest BCUT2D eigenvalue weighted by atomic mass is 10.3. The van der Waals surface area contributed by atoms with E-state index >= 15 is 0 Å². The summed E-state index contributed by atoms with van der Waals surface area (Å²) in [7, 11) is 0. The molecule has 1 aromatic heterocycles. The maximum atomic E-state index is 11.4. The minimum Gasteiger partial charge on any atom is -0.355 e. The molecule has 0 fully saturated rings. The minimum atomic E-state index is 0.0526. The van der Waals surface area contributed by atoms with Crippen LogP contribution in [0, 0.1) is 0 Å². The molecule has 90 valence electrons. The first-order valence-electron chi connectivity index (χ1n) is 5.63. The normalized spacial score (nSPS) is 12.4. The van der Waals surface area contributed by atoms with Crippen molar-refractivity contribution in [3.05, 3.63) is 16.6 Å². The number of unbranched alkanes of at least 4 members (excludes halogenated alkanes) is 1. The number of hydrogen-bond donors (Lipinski definition) is 2. The van der Waals surface area contributed by atoms with Crippen molar-refractivity contribution in [3.63, 3.8) is 0 Å². The second kappa shape index (κ2) is 7.35. The van der Waals surface area contributed by atoms with E-state index < -0.39 is 0 Å². The second-order valence-electron chi connectivity index (χ2n) is 3.68. The monoisotopic (exact) mass is 241 g/mol. The van der Waals surface area contributed by atoms with Gasteiger partial charge in [0.05, 0.1) is 12.6 Å². The Balaban J connectivity index is 2.16. The van der Waals surface area contributed by atoms with Crippen LogP contribution < -0.4 is 10.6 Å². The van der Waals surface area contributed by atoms with Gasteiger partial charge in [-0.05, 0) is 13.3 Å². The first kappa shape index (κ1) is 13.1. The van der Waals surface area contributed by atoms with Gasteiger partial charge in [0.15, 0.2) is 0 Å². The summed E-state index contributed by atoms with van der Waals surface area (Å²) in [5.74, 6) is 0.0526. The molecule has 5 heteroatoms. The van der Waals surface area contributed by atoms with Gasteiger partial charge in [0, 0.05) is 18.1 Å². The van der Waals surface area contributed by atoms with Crippen LogP contribution in [-0.2, 0) is 4.79 Å². The SMILES string of the molecule is CCCCNC(=O)CNC(C)c1nccs1. The van der Waals surface area contributed by atoms with Crippen molar-refractivity contribution in [2.75, 3.05) is 13.1 Å². The molecule has 0 aromatic carbocycles. The highest BCUT2D eigenvalue weighted by atomic mass is 32.1. The number of carbonyl (C=O) groups excluding carboxylic acids is 1. The number of amides is 1. The number of aromatic nitrogens is 1. The van der Waals surface area contributed by atoms with E-state index in [2.05, 4.69) is 22.5 Å². The highest BCUT2D eigenvalue weighted by molar-refractivity contribution is 7.09. The van der Waals surface area contributed by atoms with E-state index in [-0.39, 0.29) is 11.9 Å². The third-order valence-electron chi connectivity index (χ3n) is 2.24. The molecule has 0 bridgehead atoms. The number of hydrogen-bond acceptors (Lipinski definition) is 4. The first-order valence-corrected chi connectivity index (χ1v) is 6.51. The van der Waals surface area contributed by atoms with Crippen LogP contribution in [0.15, 0.2) is 11.6 Å². The van der Waals surface area contributed by atoms with Gasteiger partial charge in [0.2, 0.25) is 5.91 Å². The van der Waals surface area contributed by atoms with Gasteiger partial charge in [-0.2, -0.15) is 0 Å². The summed E-state index contributed by atoms with van der Waals surface area (Å²) in [5.41, 5.74) is 0. The summed E-state index contributed by atoms with van der Waals surface area (Å²) in [6, 6.07) is 0.136. The molecule has 16 heavy (non-hydrogen) atoms. The molecule has 0 aliphatic heterocycles. The standard InChI is InChI=1S/C11H19N3OS/c1-3-4-5-12-10(15)8-14-9(2)11-13-6-7-16-11/h6-7,9,14H,3-5,8H2,1-2H3,(H,12,15). The molecular weight excluding hydrogens is 222 g/mol. The second-order valence-corrected chi connectivity index (χ2v) is 4.60. The molecule has 0 radical (unpaired) electrons. The summed E-state index contributed by atoms with van der Waals surface area (Å²) >= 11 is 1.60. The van der Waals surface area contributed by atoms with E-state index in [0.717, 1.165) is 24.4 Å². The Hall–Kier alpha value is -0.940.